The number of benzene rings is 1. The predicted molar refractivity (Wildman–Crippen MR) is 65.4 cm³/mol. The van der Waals surface area contributed by atoms with Crippen LogP contribution in [0.1, 0.15) is 11.3 Å². The average molecular weight is 286 g/mol. The van der Waals surface area contributed by atoms with Crippen molar-refractivity contribution in [3.63, 3.8) is 0 Å². The number of hydrogen-bond donors (Lipinski definition) is 0. The van der Waals surface area contributed by atoms with E-state index in [1.165, 1.54) is 5.56 Å². The second-order valence-electron chi connectivity index (χ2n) is 3.30. The Kier molecular flexibility index (Phi) is 3.44. The van der Waals surface area contributed by atoms with E-state index < -0.39 is 0 Å². The molecule has 0 radical (unpaired) electrons. The summed E-state index contributed by atoms with van der Waals surface area (Å²) >= 11 is 9.19. The van der Waals surface area contributed by atoms with Gasteiger partial charge in [-0.3, -0.25) is 0 Å². The minimum Gasteiger partial charge on any atom is -0.333 e. The monoisotopic (exact) mass is 284 g/mol. The van der Waals surface area contributed by atoms with Gasteiger partial charge in [0.1, 0.15) is 0 Å². The van der Waals surface area contributed by atoms with Crippen LogP contribution in [0.4, 0.5) is 0 Å². The molecule has 2 nitrogen and oxygen atoms in total. The summed E-state index contributed by atoms with van der Waals surface area (Å²) < 4.78 is 2.06. The highest BCUT2D eigenvalue weighted by Crippen LogP contribution is 2.11. The van der Waals surface area contributed by atoms with Gasteiger partial charge in [-0.1, -0.05) is 39.7 Å². The minimum absolute atomic E-state index is 0.769. The van der Waals surface area contributed by atoms with Gasteiger partial charge in [-0.2, -0.15) is 0 Å². The van der Waals surface area contributed by atoms with E-state index in [9.17, 15) is 0 Å². The quantitative estimate of drug-likeness (QED) is 0.790. The molecule has 0 aliphatic carbocycles. The zero-order valence-corrected chi connectivity index (χ0v) is 10.4. The lowest BCUT2D eigenvalue weighted by Crippen LogP contribution is -1.95. The largest absolute Gasteiger partial charge is 0.333 e. The van der Waals surface area contributed by atoms with Crippen molar-refractivity contribution in [1.82, 2.24) is 9.55 Å². The van der Waals surface area contributed by atoms with Crippen LogP contribution < -0.4 is 0 Å². The van der Waals surface area contributed by atoms with Crippen LogP contribution in [0.3, 0.4) is 0 Å². The lowest BCUT2D eigenvalue weighted by Gasteiger charge is -2.01. The molecular weight excluding hydrogens is 275 g/mol. The van der Waals surface area contributed by atoms with Gasteiger partial charge in [-0.25, -0.2) is 4.98 Å². The van der Waals surface area contributed by atoms with Gasteiger partial charge in [0.05, 0.1) is 12.0 Å². The first kappa shape index (κ1) is 10.7. The maximum Gasteiger partial charge on any atom is 0.0952 e. The Morgan fingerprint density at radius 3 is 2.60 bits per heavy atom. The van der Waals surface area contributed by atoms with Crippen LogP contribution in [0.25, 0.3) is 0 Å². The first-order chi connectivity index (χ1) is 7.28. The van der Waals surface area contributed by atoms with Gasteiger partial charge in [-0.05, 0) is 17.7 Å². The highest BCUT2D eigenvalue weighted by atomic mass is 79.9. The van der Waals surface area contributed by atoms with Crippen molar-refractivity contribution in [1.29, 1.82) is 0 Å². The van der Waals surface area contributed by atoms with Gasteiger partial charge >= 0.3 is 0 Å². The molecule has 4 heteroatoms. The Balaban J connectivity index is 2.11. The number of nitrogens with zero attached hydrogens (tertiary/aromatic N) is 2. The Morgan fingerprint density at radius 1 is 1.27 bits per heavy atom. The van der Waals surface area contributed by atoms with Crippen molar-refractivity contribution < 1.29 is 0 Å². The first-order valence-electron chi connectivity index (χ1n) is 4.59. The number of imidazole rings is 1. The third-order valence-corrected chi connectivity index (χ3v) is 2.93. The molecule has 0 amide bonds. The van der Waals surface area contributed by atoms with Crippen molar-refractivity contribution in [2.75, 3.05) is 0 Å². The second kappa shape index (κ2) is 4.81. The molecule has 0 fully saturated rings. The van der Waals surface area contributed by atoms with Crippen LogP contribution in [0, 0.1) is 0 Å². The van der Waals surface area contributed by atoms with E-state index in [0.717, 1.165) is 22.6 Å². The molecular formula is C11H10BrClN2. The van der Waals surface area contributed by atoms with Gasteiger partial charge < -0.3 is 4.57 Å². The molecule has 0 saturated heterocycles. The molecule has 78 valence electrons. The summed E-state index contributed by atoms with van der Waals surface area (Å²) in [6.07, 6.45) is 3.87. The Bertz CT molecular complexity index is 436. The third kappa shape index (κ3) is 2.83. The summed E-state index contributed by atoms with van der Waals surface area (Å²) in [5.41, 5.74) is 2.27. The standard InChI is InChI=1S/C11H10BrClN2/c12-5-11-7-15(8-14-11)6-9-1-3-10(13)4-2-9/h1-4,7-8H,5-6H2. The summed E-state index contributed by atoms with van der Waals surface area (Å²) in [5, 5.41) is 1.56. The first-order valence-corrected chi connectivity index (χ1v) is 6.09. The van der Waals surface area contributed by atoms with Gasteiger partial charge in [0.2, 0.25) is 0 Å². The molecule has 0 aliphatic heterocycles. The van der Waals surface area contributed by atoms with Crippen LogP contribution in [0.2, 0.25) is 5.02 Å². The number of alkyl halides is 1. The topological polar surface area (TPSA) is 17.8 Å². The van der Waals surface area contributed by atoms with Crippen molar-refractivity contribution in [2.24, 2.45) is 0 Å². The maximum atomic E-state index is 5.82. The molecule has 0 unspecified atom stereocenters. The Hall–Kier alpha value is -0.800. The van der Waals surface area contributed by atoms with E-state index in [1.807, 2.05) is 36.8 Å². The lowest BCUT2D eigenvalue weighted by molar-refractivity contribution is 0.797. The van der Waals surface area contributed by atoms with Gasteiger partial charge in [0, 0.05) is 23.1 Å². The number of aromatic nitrogens is 2. The van der Waals surface area contributed by atoms with Gasteiger partial charge in [0.25, 0.3) is 0 Å². The number of rotatable bonds is 3. The maximum absolute atomic E-state index is 5.82. The molecule has 0 bridgehead atoms. The van der Waals surface area contributed by atoms with Crippen molar-refractivity contribution in [2.45, 2.75) is 11.9 Å². The minimum atomic E-state index is 0.769. The van der Waals surface area contributed by atoms with Crippen molar-refractivity contribution in [3.8, 4) is 0 Å². The highest BCUT2D eigenvalue weighted by molar-refractivity contribution is 9.08. The summed E-state index contributed by atoms with van der Waals surface area (Å²) in [5.74, 6) is 0. The predicted octanol–water partition coefficient (Wildman–Crippen LogP) is 3.48. The summed E-state index contributed by atoms with van der Waals surface area (Å²) in [7, 11) is 0. The molecule has 2 rings (SSSR count). The molecule has 0 atom stereocenters. The lowest BCUT2D eigenvalue weighted by atomic mass is 10.2. The second-order valence-corrected chi connectivity index (χ2v) is 4.29. The zero-order chi connectivity index (χ0) is 10.7. The van der Waals surface area contributed by atoms with E-state index in [2.05, 4.69) is 25.5 Å². The summed E-state index contributed by atoms with van der Waals surface area (Å²) in [6.45, 7) is 0.831. The van der Waals surface area contributed by atoms with E-state index in [4.69, 9.17) is 11.6 Å². The molecule has 1 aromatic heterocycles. The molecule has 15 heavy (non-hydrogen) atoms. The zero-order valence-electron chi connectivity index (χ0n) is 8.03. The van der Waals surface area contributed by atoms with Crippen LogP contribution >= 0.6 is 27.5 Å². The fraction of sp³-hybridized carbons (Fsp3) is 0.182. The fourth-order valence-corrected chi connectivity index (χ4v) is 1.78. The summed E-state index contributed by atoms with van der Waals surface area (Å²) in [4.78, 5) is 4.24. The van der Waals surface area contributed by atoms with Crippen LogP contribution in [-0.4, -0.2) is 9.55 Å². The van der Waals surface area contributed by atoms with Crippen LogP contribution in [0.15, 0.2) is 36.8 Å². The third-order valence-electron chi connectivity index (χ3n) is 2.10. The average Bonchev–Trinajstić information content (AvgIpc) is 2.69. The normalized spacial score (nSPS) is 10.5. The Labute approximate surface area is 102 Å². The number of hydrogen-bond acceptors (Lipinski definition) is 1. The van der Waals surface area contributed by atoms with Gasteiger partial charge in [-0.15, -0.1) is 0 Å². The van der Waals surface area contributed by atoms with E-state index in [1.54, 1.807) is 0 Å². The van der Waals surface area contributed by atoms with Crippen LogP contribution in [-0.2, 0) is 11.9 Å². The van der Waals surface area contributed by atoms with E-state index in [0.29, 0.717) is 0 Å². The van der Waals surface area contributed by atoms with Gasteiger partial charge in [0.15, 0.2) is 0 Å². The van der Waals surface area contributed by atoms with E-state index >= 15 is 0 Å². The molecule has 1 heterocycles. The molecule has 0 saturated carbocycles. The smallest absolute Gasteiger partial charge is 0.0952 e. The molecule has 1 aromatic carbocycles. The molecule has 2 aromatic rings. The van der Waals surface area contributed by atoms with Crippen molar-refractivity contribution >= 4 is 27.5 Å². The van der Waals surface area contributed by atoms with Crippen molar-refractivity contribution in [3.05, 3.63) is 53.1 Å². The fourth-order valence-electron chi connectivity index (χ4n) is 1.36. The SMILES string of the molecule is Clc1ccc(Cn2cnc(CBr)c2)cc1. The van der Waals surface area contributed by atoms with E-state index in [-0.39, 0.29) is 0 Å². The van der Waals surface area contributed by atoms with Crippen LogP contribution in [0.5, 0.6) is 0 Å². The molecule has 0 N–H and O–H groups in total. The number of halogens is 2. The highest BCUT2D eigenvalue weighted by Gasteiger charge is 1.98. The molecule has 0 spiro atoms. The summed E-state index contributed by atoms with van der Waals surface area (Å²) in [6, 6.07) is 7.85. The Morgan fingerprint density at radius 2 is 2.00 bits per heavy atom. The molecule has 0 aliphatic rings.